The number of benzene rings is 1. The summed E-state index contributed by atoms with van der Waals surface area (Å²) in [7, 11) is 0. The third-order valence-corrected chi connectivity index (χ3v) is 4.43. The Kier molecular flexibility index (Phi) is 3.34. The Morgan fingerprint density at radius 1 is 1.36 bits per heavy atom. The van der Waals surface area contributed by atoms with Gasteiger partial charge in [0.25, 0.3) is 5.69 Å². The summed E-state index contributed by atoms with van der Waals surface area (Å²) in [5.41, 5.74) is 0.735. The van der Waals surface area contributed by atoms with Crippen molar-refractivity contribution in [3.63, 3.8) is 0 Å². The number of fused-ring (bicyclic) bond motifs is 4. The standard InChI is InChI=1S/C14H13F3N2O3/c15-14(16,17)13(20)18-5-4-8-6-9-2-1-3-10(19(21)22)12(9)11(18)7-8/h1-3,8,11H,4-7H2. The van der Waals surface area contributed by atoms with E-state index in [1.54, 1.807) is 6.07 Å². The topological polar surface area (TPSA) is 63.5 Å². The highest BCUT2D eigenvalue weighted by atomic mass is 19.4. The molecule has 2 bridgehead atoms. The summed E-state index contributed by atoms with van der Waals surface area (Å²) in [5.74, 6) is -1.75. The Bertz CT molecular complexity index is 645. The summed E-state index contributed by atoms with van der Waals surface area (Å²) in [6.07, 6.45) is -3.52. The fourth-order valence-electron chi connectivity index (χ4n) is 3.54. The molecule has 1 aliphatic heterocycles. The molecule has 1 aromatic carbocycles. The van der Waals surface area contributed by atoms with Gasteiger partial charge in [0, 0.05) is 12.6 Å². The molecule has 8 heteroatoms. The largest absolute Gasteiger partial charge is 0.471 e. The summed E-state index contributed by atoms with van der Waals surface area (Å²) in [6, 6.07) is 3.65. The van der Waals surface area contributed by atoms with Crippen LogP contribution in [-0.4, -0.2) is 28.5 Å². The van der Waals surface area contributed by atoms with Crippen LogP contribution < -0.4 is 0 Å². The van der Waals surface area contributed by atoms with Crippen LogP contribution in [0.4, 0.5) is 18.9 Å². The number of hydrogen-bond acceptors (Lipinski definition) is 3. The summed E-state index contributed by atoms with van der Waals surface area (Å²) < 4.78 is 38.3. The Labute approximate surface area is 123 Å². The van der Waals surface area contributed by atoms with Gasteiger partial charge >= 0.3 is 12.1 Å². The van der Waals surface area contributed by atoms with Crippen LogP contribution in [0.3, 0.4) is 0 Å². The maximum Gasteiger partial charge on any atom is 0.471 e. The predicted molar refractivity (Wildman–Crippen MR) is 70.0 cm³/mol. The van der Waals surface area contributed by atoms with Gasteiger partial charge < -0.3 is 4.90 Å². The highest BCUT2D eigenvalue weighted by Gasteiger charge is 2.49. The Morgan fingerprint density at radius 3 is 2.73 bits per heavy atom. The minimum atomic E-state index is -4.96. The number of piperidine rings is 1. The molecule has 2 atom stereocenters. The van der Waals surface area contributed by atoms with E-state index in [1.165, 1.54) is 12.1 Å². The molecule has 0 N–H and O–H groups in total. The number of carbonyl (C=O) groups excluding carboxylic acids is 1. The highest BCUT2D eigenvalue weighted by Crippen LogP contribution is 2.46. The van der Waals surface area contributed by atoms with E-state index in [0.717, 1.165) is 4.90 Å². The van der Waals surface area contributed by atoms with Gasteiger partial charge in [-0.05, 0) is 30.7 Å². The lowest BCUT2D eigenvalue weighted by Crippen LogP contribution is -2.49. The van der Waals surface area contributed by atoms with Gasteiger partial charge in [0.15, 0.2) is 0 Å². The van der Waals surface area contributed by atoms with E-state index in [-0.39, 0.29) is 23.7 Å². The molecule has 2 aliphatic rings. The van der Waals surface area contributed by atoms with E-state index in [9.17, 15) is 28.1 Å². The lowest BCUT2D eigenvalue weighted by molar-refractivity contribution is -0.386. The second kappa shape index (κ2) is 4.96. The number of carbonyl (C=O) groups is 1. The van der Waals surface area contributed by atoms with Gasteiger partial charge in [-0.25, -0.2) is 0 Å². The van der Waals surface area contributed by atoms with E-state index in [2.05, 4.69) is 0 Å². The van der Waals surface area contributed by atoms with Crippen LogP contribution in [0.1, 0.15) is 30.0 Å². The van der Waals surface area contributed by atoms with Crippen molar-refractivity contribution in [2.75, 3.05) is 6.54 Å². The lowest BCUT2D eigenvalue weighted by Gasteiger charge is -2.43. The molecule has 0 saturated carbocycles. The zero-order valence-electron chi connectivity index (χ0n) is 11.5. The van der Waals surface area contributed by atoms with E-state index >= 15 is 0 Å². The number of alkyl halides is 3. The van der Waals surface area contributed by atoms with Gasteiger partial charge in [0.2, 0.25) is 0 Å². The van der Waals surface area contributed by atoms with Crippen LogP contribution in [0.5, 0.6) is 0 Å². The number of likely N-dealkylation sites (tertiary alicyclic amines) is 1. The third-order valence-electron chi connectivity index (χ3n) is 4.43. The van der Waals surface area contributed by atoms with Crippen LogP contribution >= 0.6 is 0 Å². The first-order chi connectivity index (χ1) is 10.3. The zero-order chi connectivity index (χ0) is 16.1. The first-order valence-corrected chi connectivity index (χ1v) is 6.93. The lowest BCUT2D eigenvalue weighted by atomic mass is 9.75. The number of amides is 1. The van der Waals surface area contributed by atoms with Crippen LogP contribution in [0, 0.1) is 16.0 Å². The van der Waals surface area contributed by atoms with Crippen molar-refractivity contribution in [1.82, 2.24) is 4.90 Å². The van der Waals surface area contributed by atoms with Crippen molar-refractivity contribution >= 4 is 11.6 Å². The minimum Gasteiger partial charge on any atom is -0.328 e. The van der Waals surface area contributed by atoms with Crippen LogP contribution in [0.15, 0.2) is 18.2 Å². The molecule has 1 aromatic rings. The van der Waals surface area contributed by atoms with E-state index in [4.69, 9.17) is 0 Å². The van der Waals surface area contributed by atoms with Gasteiger partial charge in [-0.15, -0.1) is 0 Å². The van der Waals surface area contributed by atoms with E-state index in [0.29, 0.717) is 24.8 Å². The van der Waals surface area contributed by atoms with Crippen molar-refractivity contribution in [3.8, 4) is 0 Å². The van der Waals surface area contributed by atoms with Gasteiger partial charge in [0.1, 0.15) is 0 Å². The number of hydrogen-bond donors (Lipinski definition) is 0. The van der Waals surface area contributed by atoms with E-state index in [1.807, 2.05) is 0 Å². The molecule has 0 spiro atoms. The smallest absolute Gasteiger partial charge is 0.328 e. The van der Waals surface area contributed by atoms with Crippen LogP contribution in [0.2, 0.25) is 0 Å². The van der Waals surface area contributed by atoms with Crippen LogP contribution in [-0.2, 0) is 11.2 Å². The zero-order valence-corrected chi connectivity index (χ0v) is 11.5. The summed E-state index contributed by atoms with van der Waals surface area (Å²) in [5, 5.41) is 11.2. The quantitative estimate of drug-likeness (QED) is 0.591. The van der Waals surface area contributed by atoms with Crippen molar-refractivity contribution in [2.24, 2.45) is 5.92 Å². The second-order valence-corrected chi connectivity index (χ2v) is 5.71. The number of halogens is 3. The van der Waals surface area contributed by atoms with Gasteiger partial charge in [-0.1, -0.05) is 12.1 Å². The highest BCUT2D eigenvalue weighted by molar-refractivity contribution is 5.82. The Balaban J connectivity index is 2.08. The summed E-state index contributed by atoms with van der Waals surface area (Å²) in [6.45, 7) is -0.0147. The Hall–Kier alpha value is -2.12. The molecule has 5 nitrogen and oxygen atoms in total. The fraction of sp³-hybridized carbons (Fsp3) is 0.500. The molecule has 1 fully saturated rings. The maximum atomic E-state index is 12.8. The van der Waals surface area contributed by atoms with Crippen molar-refractivity contribution in [1.29, 1.82) is 0 Å². The molecule has 0 radical (unpaired) electrons. The normalized spacial score (nSPS) is 23.9. The summed E-state index contributed by atoms with van der Waals surface area (Å²) in [4.78, 5) is 23.0. The number of nitro benzene ring substituents is 1. The van der Waals surface area contributed by atoms with Crippen molar-refractivity contribution in [2.45, 2.75) is 31.5 Å². The maximum absolute atomic E-state index is 12.8. The molecule has 1 saturated heterocycles. The first-order valence-electron chi connectivity index (χ1n) is 6.93. The summed E-state index contributed by atoms with van der Waals surface area (Å²) >= 11 is 0. The Morgan fingerprint density at radius 2 is 2.09 bits per heavy atom. The molecule has 2 unspecified atom stereocenters. The van der Waals surface area contributed by atoms with Crippen LogP contribution in [0.25, 0.3) is 0 Å². The SMILES string of the molecule is O=C(N1CCC2Cc3cccc([N+](=O)[O-])c3C1C2)C(F)(F)F. The molecule has 3 rings (SSSR count). The third kappa shape index (κ3) is 2.32. The van der Waals surface area contributed by atoms with Gasteiger partial charge in [-0.3, -0.25) is 14.9 Å². The molecular weight excluding hydrogens is 301 g/mol. The van der Waals surface area contributed by atoms with Gasteiger partial charge in [0.05, 0.1) is 16.5 Å². The van der Waals surface area contributed by atoms with Crippen molar-refractivity contribution in [3.05, 3.63) is 39.4 Å². The number of nitrogens with zero attached hydrogens (tertiary/aromatic N) is 2. The molecule has 1 amide bonds. The average Bonchev–Trinajstić information content (AvgIpc) is 2.45. The first kappa shape index (κ1) is 14.8. The average molecular weight is 314 g/mol. The van der Waals surface area contributed by atoms with Crippen molar-refractivity contribution < 1.29 is 22.9 Å². The second-order valence-electron chi connectivity index (χ2n) is 5.71. The molecular formula is C14H13F3N2O3. The number of nitro groups is 1. The molecule has 22 heavy (non-hydrogen) atoms. The van der Waals surface area contributed by atoms with E-state index < -0.39 is 23.0 Å². The monoisotopic (exact) mass is 314 g/mol. The number of rotatable bonds is 1. The molecule has 0 aromatic heterocycles. The molecule has 1 heterocycles. The predicted octanol–water partition coefficient (Wildman–Crippen LogP) is 2.99. The molecule has 1 aliphatic carbocycles. The van der Waals surface area contributed by atoms with Gasteiger partial charge in [-0.2, -0.15) is 13.2 Å². The molecule has 118 valence electrons. The minimum absolute atomic E-state index is 0.0147. The fourth-order valence-corrected chi connectivity index (χ4v) is 3.54.